The van der Waals surface area contributed by atoms with E-state index in [1.807, 2.05) is 18.7 Å². The van der Waals surface area contributed by atoms with Crippen LogP contribution >= 0.6 is 0 Å². The zero-order valence-corrected chi connectivity index (χ0v) is 16.0. The van der Waals surface area contributed by atoms with Crippen LogP contribution in [0.4, 0.5) is 0 Å². The van der Waals surface area contributed by atoms with Crippen LogP contribution in [-0.4, -0.2) is 58.5 Å². The van der Waals surface area contributed by atoms with E-state index < -0.39 is 0 Å². The molecule has 7 nitrogen and oxygen atoms in total. The molecular weight excluding hydrogens is 328 g/mol. The van der Waals surface area contributed by atoms with Gasteiger partial charge in [0.2, 0.25) is 5.91 Å². The zero-order valence-electron chi connectivity index (χ0n) is 16.0. The Morgan fingerprint density at radius 1 is 1.35 bits per heavy atom. The number of nitrogens with one attached hydrogen (secondary N) is 2. The molecule has 2 aliphatic rings. The Hall–Kier alpha value is -2.05. The summed E-state index contributed by atoms with van der Waals surface area (Å²) in [5.41, 5.74) is 0. The first-order valence-electron chi connectivity index (χ1n) is 9.97. The van der Waals surface area contributed by atoms with Gasteiger partial charge in [-0.25, -0.2) is 4.98 Å². The highest BCUT2D eigenvalue weighted by Gasteiger charge is 2.29. The summed E-state index contributed by atoms with van der Waals surface area (Å²) in [6.07, 6.45) is 10.6. The molecule has 2 heterocycles. The van der Waals surface area contributed by atoms with Crippen molar-refractivity contribution in [1.82, 2.24) is 25.1 Å². The number of hydrogen-bond donors (Lipinski definition) is 2. The van der Waals surface area contributed by atoms with Crippen LogP contribution in [0.3, 0.4) is 0 Å². The molecule has 3 rings (SSSR count). The van der Waals surface area contributed by atoms with Crippen LogP contribution in [0.25, 0.3) is 0 Å². The van der Waals surface area contributed by atoms with Crippen molar-refractivity contribution in [1.29, 1.82) is 0 Å². The fourth-order valence-electron chi connectivity index (χ4n) is 3.47. The number of imidazole rings is 1. The minimum atomic E-state index is 0.166. The fourth-order valence-corrected chi connectivity index (χ4v) is 3.47. The summed E-state index contributed by atoms with van der Waals surface area (Å²) in [4.78, 5) is 23.1. The summed E-state index contributed by atoms with van der Waals surface area (Å²) in [6.45, 7) is 7.89. The Labute approximate surface area is 156 Å². The lowest BCUT2D eigenvalue weighted by Crippen LogP contribution is -2.49. The van der Waals surface area contributed by atoms with Gasteiger partial charge in [-0.1, -0.05) is 6.92 Å². The second-order valence-electron chi connectivity index (χ2n) is 7.47. The number of likely N-dealkylation sites (tertiary alicyclic amines) is 1. The summed E-state index contributed by atoms with van der Waals surface area (Å²) < 4.78 is 2.21. The first-order chi connectivity index (χ1) is 12.7. The Morgan fingerprint density at radius 3 is 2.88 bits per heavy atom. The average Bonchev–Trinajstić information content (AvgIpc) is 3.27. The van der Waals surface area contributed by atoms with Gasteiger partial charge in [-0.2, -0.15) is 0 Å². The Morgan fingerprint density at radius 2 is 2.19 bits per heavy atom. The maximum absolute atomic E-state index is 11.8. The lowest BCUT2D eigenvalue weighted by molar-refractivity contribution is -0.121. The summed E-state index contributed by atoms with van der Waals surface area (Å²) in [7, 11) is 0. The van der Waals surface area contributed by atoms with Crippen molar-refractivity contribution in [3.63, 3.8) is 0 Å². The third-order valence-electron chi connectivity index (χ3n) is 5.23. The van der Waals surface area contributed by atoms with E-state index in [1.165, 1.54) is 0 Å². The molecule has 1 aliphatic heterocycles. The topological polar surface area (TPSA) is 74.6 Å². The molecule has 2 atom stereocenters. The van der Waals surface area contributed by atoms with Crippen LogP contribution in [0.15, 0.2) is 23.7 Å². The van der Waals surface area contributed by atoms with Gasteiger partial charge in [0, 0.05) is 51.0 Å². The van der Waals surface area contributed by atoms with Gasteiger partial charge in [-0.3, -0.25) is 9.79 Å². The molecule has 1 aliphatic carbocycles. The fraction of sp³-hybridized carbons (Fsp3) is 0.737. The smallest absolute Gasteiger partial charge is 0.220 e. The average molecular weight is 361 g/mol. The van der Waals surface area contributed by atoms with Crippen molar-refractivity contribution >= 4 is 11.9 Å². The molecule has 26 heavy (non-hydrogen) atoms. The van der Waals surface area contributed by atoms with Crippen molar-refractivity contribution in [2.45, 2.75) is 58.0 Å². The number of carbonyl (C=O) groups is 1. The number of aromatic nitrogens is 2. The molecule has 1 saturated heterocycles. The largest absolute Gasteiger partial charge is 0.357 e. The van der Waals surface area contributed by atoms with E-state index in [-0.39, 0.29) is 5.91 Å². The number of rotatable bonds is 7. The minimum Gasteiger partial charge on any atom is -0.357 e. The van der Waals surface area contributed by atoms with Crippen molar-refractivity contribution in [2.75, 3.05) is 26.2 Å². The van der Waals surface area contributed by atoms with Gasteiger partial charge in [0.05, 0.1) is 12.4 Å². The molecule has 0 radical (unpaired) electrons. The van der Waals surface area contributed by atoms with Crippen molar-refractivity contribution in [3.8, 4) is 0 Å². The molecular formula is C19H32N6O. The van der Waals surface area contributed by atoms with E-state index in [9.17, 15) is 4.79 Å². The van der Waals surface area contributed by atoms with Gasteiger partial charge in [0.1, 0.15) is 0 Å². The van der Waals surface area contributed by atoms with E-state index in [0.29, 0.717) is 31.0 Å². The molecule has 0 spiro atoms. The van der Waals surface area contributed by atoms with Gasteiger partial charge < -0.3 is 20.1 Å². The monoisotopic (exact) mass is 360 g/mol. The van der Waals surface area contributed by atoms with Gasteiger partial charge in [0.15, 0.2) is 5.96 Å². The van der Waals surface area contributed by atoms with Gasteiger partial charge >= 0.3 is 0 Å². The highest BCUT2D eigenvalue weighted by Crippen LogP contribution is 2.27. The lowest BCUT2D eigenvalue weighted by Gasteiger charge is -2.39. The highest BCUT2D eigenvalue weighted by atomic mass is 16.1. The normalized spacial score (nSPS) is 23.8. The quantitative estimate of drug-likeness (QED) is 0.442. The zero-order chi connectivity index (χ0) is 18.4. The summed E-state index contributed by atoms with van der Waals surface area (Å²) in [6, 6.07) is 0.859. The van der Waals surface area contributed by atoms with E-state index >= 15 is 0 Å². The van der Waals surface area contributed by atoms with Crippen LogP contribution in [0.1, 0.15) is 52.0 Å². The predicted molar refractivity (Wildman–Crippen MR) is 103 cm³/mol. The van der Waals surface area contributed by atoms with Crippen LogP contribution < -0.4 is 10.6 Å². The number of guanidine groups is 1. The van der Waals surface area contributed by atoms with Gasteiger partial charge in [-0.15, -0.1) is 0 Å². The van der Waals surface area contributed by atoms with Gasteiger partial charge in [-0.05, 0) is 38.5 Å². The molecule has 0 aromatic carbocycles. The van der Waals surface area contributed by atoms with Crippen molar-refractivity contribution < 1.29 is 4.79 Å². The summed E-state index contributed by atoms with van der Waals surface area (Å²) in [5.74, 6) is 1.75. The maximum Gasteiger partial charge on any atom is 0.220 e. The molecule has 7 heteroatoms. The van der Waals surface area contributed by atoms with E-state index in [1.54, 1.807) is 0 Å². The minimum absolute atomic E-state index is 0.166. The second kappa shape index (κ2) is 9.05. The number of nitrogens with zero attached hydrogens (tertiary/aromatic N) is 4. The number of amides is 1. The van der Waals surface area contributed by atoms with E-state index in [2.05, 4.69) is 38.9 Å². The van der Waals surface area contributed by atoms with Crippen molar-refractivity contribution in [2.24, 2.45) is 10.9 Å². The predicted octanol–water partition coefficient (Wildman–Crippen LogP) is 1.79. The van der Waals surface area contributed by atoms with Gasteiger partial charge in [0.25, 0.3) is 0 Å². The molecule has 1 aromatic heterocycles. The number of hydrogen-bond acceptors (Lipinski definition) is 3. The third-order valence-corrected chi connectivity index (χ3v) is 5.23. The Bertz CT molecular complexity index is 595. The van der Waals surface area contributed by atoms with Crippen LogP contribution in [0.5, 0.6) is 0 Å². The Kier molecular flexibility index (Phi) is 6.52. The number of aliphatic imine (C=N–C) groups is 1. The molecule has 1 amide bonds. The Balaban J connectivity index is 1.53. The molecule has 144 valence electrons. The SMILES string of the molecule is CCNC(=NCCCC(=O)NC1CC1)N1CCC(C)C(n2ccnc2)C1. The van der Waals surface area contributed by atoms with Crippen molar-refractivity contribution in [3.05, 3.63) is 18.7 Å². The molecule has 1 aromatic rings. The maximum atomic E-state index is 11.8. The second-order valence-corrected chi connectivity index (χ2v) is 7.47. The first-order valence-corrected chi connectivity index (χ1v) is 9.97. The summed E-state index contributed by atoms with van der Waals surface area (Å²) in [5, 5.41) is 6.45. The first kappa shape index (κ1) is 18.7. The molecule has 1 saturated carbocycles. The highest BCUT2D eigenvalue weighted by molar-refractivity contribution is 5.80. The number of carbonyl (C=O) groups excluding carboxylic acids is 1. The molecule has 2 N–H and O–H groups in total. The van der Waals surface area contributed by atoms with Crippen LogP contribution in [0, 0.1) is 5.92 Å². The lowest BCUT2D eigenvalue weighted by atomic mass is 9.93. The molecule has 0 bridgehead atoms. The third kappa shape index (κ3) is 5.22. The molecule has 2 fully saturated rings. The number of piperidine rings is 1. The van der Waals surface area contributed by atoms with E-state index in [0.717, 1.165) is 51.3 Å². The van der Waals surface area contributed by atoms with E-state index in [4.69, 9.17) is 4.99 Å². The summed E-state index contributed by atoms with van der Waals surface area (Å²) >= 11 is 0. The van der Waals surface area contributed by atoms with Crippen LogP contribution in [-0.2, 0) is 4.79 Å². The van der Waals surface area contributed by atoms with Crippen LogP contribution in [0.2, 0.25) is 0 Å². The molecule has 2 unspecified atom stereocenters. The standard InChI is InChI=1S/C19H32N6O/c1-3-21-19(22-9-4-5-18(26)23-16-6-7-16)24-11-8-15(2)17(13-24)25-12-10-20-14-25/h10,12,14-17H,3-9,11,13H2,1-2H3,(H,21,22)(H,23,26).